The monoisotopic (exact) mass is 642 g/mol. The summed E-state index contributed by atoms with van der Waals surface area (Å²) < 4.78 is 34.1. The number of carbonyl (C=O) groups is 2. The van der Waals surface area contributed by atoms with Crippen LogP contribution in [0.25, 0.3) is 16.4 Å². The molecule has 1 spiro atoms. The van der Waals surface area contributed by atoms with Crippen molar-refractivity contribution >= 4 is 45.8 Å². The lowest BCUT2D eigenvalue weighted by Gasteiger charge is -2.37. The Balaban J connectivity index is 1.04. The van der Waals surface area contributed by atoms with Gasteiger partial charge in [-0.05, 0) is 63.6 Å². The third-order valence-electron chi connectivity index (χ3n) is 8.38. The van der Waals surface area contributed by atoms with Crippen LogP contribution in [0, 0.1) is 12.7 Å². The number of hydrogen-bond acceptors (Lipinski definition) is 9. The number of amides is 2. The number of ether oxygens (including phenoxy) is 3. The topological polar surface area (TPSA) is 137 Å². The van der Waals surface area contributed by atoms with Gasteiger partial charge in [-0.15, -0.1) is 0 Å². The number of hydrogen-bond donors (Lipinski definition) is 2. The van der Waals surface area contributed by atoms with Crippen LogP contribution < -0.4 is 10.6 Å². The Morgan fingerprint density at radius 1 is 1.17 bits per heavy atom. The van der Waals surface area contributed by atoms with Crippen LogP contribution in [-0.2, 0) is 20.8 Å². The molecule has 2 unspecified atom stereocenters. The van der Waals surface area contributed by atoms with Crippen LogP contribution in [0.4, 0.5) is 31.2 Å². The van der Waals surface area contributed by atoms with E-state index < -0.39 is 29.4 Å². The van der Waals surface area contributed by atoms with Gasteiger partial charge in [-0.25, -0.2) is 23.5 Å². The van der Waals surface area contributed by atoms with Crippen molar-refractivity contribution in [2.45, 2.75) is 57.9 Å². The van der Waals surface area contributed by atoms with Crippen LogP contribution in [-0.4, -0.2) is 78.5 Å². The fourth-order valence-corrected chi connectivity index (χ4v) is 6.03. The van der Waals surface area contributed by atoms with Gasteiger partial charge in [0.1, 0.15) is 34.9 Å². The summed E-state index contributed by atoms with van der Waals surface area (Å²) >= 11 is 0. The molecule has 4 heterocycles. The molecule has 1 aliphatic heterocycles. The average Bonchev–Trinajstić information content (AvgIpc) is 3.34. The molecule has 1 saturated carbocycles. The number of nitrogens with one attached hydrogen (secondary N) is 2. The number of carbonyl (C=O) groups excluding carboxylic acids is 2. The second-order valence-electron chi connectivity index (χ2n) is 12.9. The molecular formula is C33H35FN8O5. The number of halogens is 1. The summed E-state index contributed by atoms with van der Waals surface area (Å²) in [5.41, 5.74) is 3.03. The summed E-state index contributed by atoms with van der Waals surface area (Å²) in [5, 5.41) is 15.9. The maximum Gasteiger partial charge on any atom is 0.412 e. The highest BCUT2D eigenvalue weighted by molar-refractivity contribution is 5.91. The van der Waals surface area contributed by atoms with Crippen molar-refractivity contribution in [3.05, 3.63) is 78.1 Å². The lowest BCUT2D eigenvalue weighted by Crippen LogP contribution is -2.54. The molecule has 13 nitrogen and oxygen atoms in total. The first-order valence-corrected chi connectivity index (χ1v) is 15.4. The molecule has 3 aromatic heterocycles. The molecule has 2 N–H and O–H groups in total. The highest BCUT2D eigenvalue weighted by Gasteiger charge is 2.65. The number of anilines is 3. The Labute approximate surface area is 269 Å². The zero-order chi connectivity index (χ0) is 32.9. The number of morpholine rings is 1. The van der Waals surface area contributed by atoms with Gasteiger partial charge in [-0.3, -0.25) is 14.9 Å². The van der Waals surface area contributed by atoms with E-state index in [1.54, 1.807) is 27.9 Å². The number of fused-ring (bicyclic) bond motifs is 2. The summed E-state index contributed by atoms with van der Waals surface area (Å²) in [4.78, 5) is 32.0. The van der Waals surface area contributed by atoms with Crippen LogP contribution in [0.5, 0.6) is 0 Å². The second kappa shape index (κ2) is 11.5. The van der Waals surface area contributed by atoms with Crippen LogP contribution in [0.3, 0.4) is 0 Å². The predicted octanol–water partition coefficient (Wildman–Crippen LogP) is 5.65. The third kappa shape index (κ3) is 6.03. The zero-order valence-corrected chi connectivity index (χ0v) is 26.5. The largest absolute Gasteiger partial charge is 0.444 e. The molecule has 0 radical (unpaired) electrons. The van der Waals surface area contributed by atoms with E-state index in [-0.39, 0.29) is 12.4 Å². The minimum absolute atomic E-state index is 0.267. The normalized spacial score (nSPS) is 19.3. The maximum absolute atomic E-state index is 13.7. The molecule has 2 amide bonds. The van der Waals surface area contributed by atoms with Crippen molar-refractivity contribution in [2.75, 3.05) is 30.4 Å². The van der Waals surface area contributed by atoms with Crippen LogP contribution >= 0.6 is 0 Å². The molecular weight excluding hydrogens is 607 g/mol. The van der Waals surface area contributed by atoms with Gasteiger partial charge in [0.05, 0.1) is 43.4 Å². The van der Waals surface area contributed by atoms with E-state index in [9.17, 15) is 14.0 Å². The van der Waals surface area contributed by atoms with E-state index in [1.165, 1.54) is 18.5 Å². The van der Waals surface area contributed by atoms with Crippen molar-refractivity contribution in [1.82, 2.24) is 29.3 Å². The lowest BCUT2D eigenvalue weighted by atomic mass is 10.2. The van der Waals surface area contributed by atoms with Crippen LogP contribution in [0.1, 0.15) is 38.3 Å². The van der Waals surface area contributed by atoms with Gasteiger partial charge in [-0.1, -0.05) is 12.1 Å². The summed E-state index contributed by atoms with van der Waals surface area (Å²) in [6, 6.07) is 12.3. The fourth-order valence-electron chi connectivity index (χ4n) is 6.03. The van der Waals surface area contributed by atoms with E-state index in [0.717, 1.165) is 27.7 Å². The number of rotatable bonds is 6. The number of aryl methyl sites for hydroxylation is 1. The summed E-state index contributed by atoms with van der Waals surface area (Å²) in [6.07, 6.45) is 3.72. The predicted molar refractivity (Wildman–Crippen MR) is 171 cm³/mol. The zero-order valence-electron chi connectivity index (χ0n) is 26.5. The van der Waals surface area contributed by atoms with E-state index in [2.05, 4.69) is 25.8 Å². The first-order chi connectivity index (χ1) is 22.5. The quantitative estimate of drug-likeness (QED) is 0.241. The lowest BCUT2D eigenvalue weighted by molar-refractivity contribution is -0.0525. The highest BCUT2D eigenvalue weighted by Crippen LogP contribution is 2.47. The number of nitrogens with zero attached hydrogens (tertiary/aromatic N) is 6. The van der Waals surface area contributed by atoms with Gasteiger partial charge >= 0.3 is 12.2 Å². The molecule has 2 aromatic carbocycles. The average molecular weight is 643 g/mol. The summed E-state index contributed by atoms with van der Waals surface area (Å²) in [5.74, 6) is 0.258. The van der Waals surface area contributed by atoms with Gasteiger partial charge in [-0.2, -0.15) is 10.2 Å². The van der Waals surface area contributed by atoms with E-state index >= 15 is 0 Å². The number of benzene rings is 2. The minimum Gasteiger partial charge on any atom is -0.444 e. The molecule has 2 fully saturated rings. The molecule has 2 aliphatic rings. The fraction of sp³-hybridized carbons (Fsp3) is 0.364. The van der Waals surface area contributed by atoms with Crippen molar-refractivity contribution in [1.29, 1.82) is 0 Å². The van der Waals surface area contributed by atoms with Crippen LogP contribution in [0.2, 0.25) is 0 Å². The van der Waals surface area contributed by atoms with Crippen molar-refractivity contribution < 1.29 is 28.2 Å². The van der Waals surface area contributed by atoms with Gasteiger partial charge < -0.3 is 19.5 Å². The van der Waals surface area contributed by atoms with Crippen molar-refractivity contribution in [3.63, 3.8) is 0 Å². The molecule has 7 rings (SSSR count). The van der Waals surface area contributed by atoms with Gasteiger partial charge in [0.15, 0.2) is 5.82 Å². The smallest absolute Gasteiger partial charge is 0.412 e. The molecule has 244 valence electrons. The van der Waals surface area contributed by atoms with Crippen molar-refractivity contribution in [3.8, 4) is 0 Å². The van der Waals surface area contributed by atoms with E-state index in [0.29, 0.717) is 43.1 Å². The summed E-state index contributed by atoms with van der Waals surface area (Å²) in [7, 11) is 0. The number of aromatic nitrogens is 5. The van der Waals surface area contributed by atoms with Gasteiger partial charge in [0.2, 0.25) is 0 Å². The van der Waals surface area contributed by atoms with E-state index in [4.69, 9.17) is 14.2 Å². The molecule has 1 saturated heterocycles. The third-order valence-corrected chi connectivity index (χ3v) is 8.38. The standard InChI is InChI=1S/C33H35FN8O5/c1-20-25(39-30(43)46-27-14-33(27)18-45-11-10-40(33)31(44)47-32(2,3)4)17-42-28(20)29(35-19-37-42)38-24-8-9-26-22(13-24)15-36-41(26)16-21-6-5-7-23(34)12-21/h5-9,12-13,15,17,19,27H,10-11,14,16,18H2,1-4H3,(H,39,43)(H,35,37,38). The van der Waals surface area contributed by atoms with Crippen LogP contribution in [0.15, 0.2) is 61.2 Å². The molecule has 14 heteroatoms. The molecule has 2 atom stereocenters. The van der Waals surface area contributed by atoms with Crippen molar-refractivity contribution in [2.24, 2.45) is 0 Å². The SMILES string of the molecule is Cc1c(NC(=O)OC2CC23COCCN3C(=O)OC(C)(C)C)cn2ncnc(Nc3ccc4c(cnn4Cc4cccc(F)c4)c3)c12. The van der Waals surface area contributed by atoms with Gasteiger partial charge in [0.25, 0.3) is 0 Å². The second-order valence-corrected chi connectivity index (χ2v) is 12.9. The summed E-state index contributed by atoms with van der Waals surface area (Å²) in [6.45, 7) is 8.76. The first kappa shape index (κ1) is 30.4. The van der Waals surface area contributed by atoms with E-state index in [1.807, 2.05) is 56.6 Å². The Morgan fingerprint density at radius 2 is 2.02 bits per heavy atom. The maximum atomic E-state index is 13.7. The molecule has 0 bridgehead atoms. The molecule has 47 heavy (non-hydrogen) atoms. The van der Waals surface area contributed by atoms with Gasteiger partial charge in [0, 0.05) is 29.6 Å². The Bertz CT molecular complexity index is 2000. The Morgan fingerprint density at radius 3 is 2.83 bits per heavy atom. The minimum atomic E-state index is -0.738. The Kier molecular flexibility index (Phi) is 7.46. The highest BCUT2D eigenvalue weighted by atomic mass is 19.1. The first-order valence-electron chi connectivity index (χ1n) is 15.4. The Hall–Kier alpha value is -5.24. The molecule has 5 aromatic rings. The molecule has 1 aliphatic carbocycles.